The Morgan fingerprint density at radius 3 is 2.21 bits per heavy atom. The van der Waals surface area contributed by atoms with E-state index in [-0.39, 0.29) is 0 Å². The van der Waals surface area contributed by atoms with Crippen LogP contribution in [-0.4, -0.2) is 4.98 Å². The highest BCUT2D eigenvalue weighted by Gasteiger charge is 2.18. The lowest BCUT2D eigenvalue weighted by Gasteiger charge is -2.08. The fraction of sp³-hybridized carbons (Fsp3) is 0. The fourth-order valence-electron chi connectivity index (χ4n) is 4.80. The second-order valence-corrected chi connectivity index (χ2v) is 8.48. The van der Waals surface area contributed by atoms with Crippen molar-refractivity contribution in [1.82, 2.24) is 4.98 Å². The topological polar surface area (TPSA) is 15.8 Å². The third-order valence-corrected chi connectivity index (χ3v) is 7.17. The van der Waals surface area contributed by atoms with Gasteiger partial charge in [-0.1, -0.05) is 72.8 Å². The first kappa shape index (κ1) is 14.7. The van der Waals surface area contributed by atoms with Crippen LogP contribution in [-0.2, 0) is 0 Å². The molecule has 7 aromatic rings. The third kappa shape index (κ3) is 1.71. The molecule has 2 heteroatoms. The summed E-state index contributed by atoms with van der Waals surface area (Å²) in [4.78, 5) is 3.75. The van der Waals surface area contributed by atoms with Gasteiger partial charge < -0.3 is 4.98 Å². The molecule has 0 saturated carbocycles. The largest absolute Gasteiger partial charge is 0.354 e. The van der Waals surface area contributed by atoms with E-state index >= 15 is 0 Å². The van der Waals surface area contributed by atoms with Gasteiger partial charge in [0.15, 0.2) is 0 Å². The van der Waals surface area contributed by atoms with E-state index in [0.717, 1.165) is 0 Å². The molecule has 0 atom stereocenters. The van der Waals surface area contributed by atoms with Crippen LogP contribution in [0.3, 0.4) is 0 Å². The zero-order chi connectivity index (χ0) is 18.2. The first-order chi connectivity index (χ1) is 13.9. The summed E-state index contributed by atoms with van der Waals surface area (Å²) in [5.41, 5.74) is 2.46. The van der Waals surface area contributed by atoms with E-state index in [1.807, 2.05) is 11.3 Å². The van der Waals surface area contributed by atoms with Crippen molar-refractivity contribution in [1.29, 1.82) is 0 Å². The zero-order valence-electron chi connectivity index (χ0n) is 15.0. The molecule has 2 heterocycles. The van der Waals surface area contributed by atoms with Gasteiger partial charge in [0.25, 0.3) is 0 Å². The predicted octanol–water partition coefficient (Wildman–Crippen LogP) is 8.00. The summed E-state index contributed by atoms with van der Waals surface area (Å²) >= 11 is 1.91. The molecule has 5 aromatic carbocycles. The molecule has 0 amide bonds. The van der Waals surface area contributed by atoms with Crippen LogP contribution in [0.5, 0.6) is 0 Å². The van der Waals surface area contributed by atoms with Crippen LogP contribution in [0.15, 0.2) is 84.9 Å². The van der Waals surface area contributed by atoms with Gasteiger partial charge in [0.05, 0.1) is 5.52 Å². The van der Waals surface area contributed by atoms with Gasteiger partial charge in [0, 0.05) is 41.8 Å². The smallest absolute Gasteiger partial charge is 0.0565 e. The maximum absolute atomic E-state index is 3.75. The number of aromatic amines is 1. The Bertz CT molecular complexity index is 1720. The van der Waals surface area contributed by atoms with E-state index in [9.17, 15) is 0 Å². The first-order valence-electron chi connectivity index (χ1n) is 9.55. The van der Waals surface area contributed by atoms with Crippen molar-refractivity contribution in [2.24, 2.45) is 0 Å². The van der Waals surface area contributed by atoms with Crippen LogP contribution in [0.4, 0.5) is 0 Å². The summed E-state index contributed by atoms with van der Waals surface area (Å²) < 4.78 is 2.73. The molecule has 0 aliphatic heterocycles. The minimum atomic E-state index is 1.20. The molecule has 0 bridgehead atoms. The molecule has 7 rings (SSSR count). The Hall–Kier alpha value is -3.36. The molecule has 1 N–H and O–H groups in total. The van der Waals surface area contributed by atoms with E-state index in [1.54, 1.807) is 0 Å². The average molecular weight is 373 g/mol. The molecule has 1 nitrogen and oxygen atoms in total. The van der Waals surface area contributed by atoms with Crippen LogP contribution in [0.2, 0.25) is 0 Å². The molecule has 2 aromatic heterocycles. The van der Waals surface area contributed by atoms with Crippen molar-refractivity contribution in [2.45, 2.75) is 0 Å². The number of hydrogen-bond donors (Lipinski definition) is 1. The minimum Gasteiger partial charge on any atom is -0.354 e. The second kappa shape index (κ2) is 5.12. The van der Waals surface area contributed by atoms with Crippen molar-refractivity contribution in [2.75, 3.05) is 0 Å². The zero-order valence-corrected chi connectivity index (χ0v) is 15.8. The summed E-state index contributed by atoms with van der Waals surface area (Å²) in [6.45, 7) is 0. The monoisotopic (exact) mass is 373 g/mol. The number of thiophene rings is 1. The van der Waals surface area contributed by atoms with Crippen LogP contribution in [0, 0.1) is 0 Å². The highest BCUT2D eigenvalue weighted by molar-refractivity contribution is 7.27. The molecule has 0 fully saturated rings. The van der Waals surface area contributed by atoms with Gasteiger partial charge in [0.1, 0.15) is 0 Å². The van der Waals surface area contributed by atoms with Crippen LogP contribution < -0.4 is 0 Å². The molecule has 0 saturated heterocycles. The summed E-state index contributed by atoms with van der Waals surface area (Å²) in [6, 6.07) is 30.8. The first-order valence-corrected chi connectivity index (χ1v) is 10.4. The number of para-hydroxylation sites is 1. The average Bonchev–Trinajstić information content (AvgIpc) is 3.32. The Labute approximate surface area is 164 Å². The normalized spacial score (nSPS) is 12.3. The van der Waals surface area contributed by atoms with Gasteiger partial charge in [-0.3, -0.25) is 0 Å². The summed E-state index contributed by atoms with van der Waals surface area (Å²) in [7, 11) is 0. The Morgan fingerprint density at radius 1 is 0.536 bits per heavy atom. The highest BCUT2D eigenvalue weighted by atomic mass is 32.1. The lowest BCUT2D eigenvalue weighted by atomic mass is 9.95. The number of H-pyrrole nitrogens is 1. The van der Waals surface area contributed by atoms with Crippen molar-refractivity contribution in [3.63, 3.8) is 0 Å². The molecule has 0 aliphatic rings. The lowest BCUT2D eigenvalue weighted by molar-refractivity contribution is 1.57. The van der Waals surface area contributed by atoms with E-state index in [0.29, 0.717) is 0 Å². The molecule has 0 radical (unpaired) electrons. The molecular formula is C26H15NS. The van der Waals surface area contributed by atoms with E-state index in [1.165, 1.54) is 63.5 Å². The van der Waals surface area contributed by atoms with Gasteiger partial charge >= 0.3 is 0 Å². The highest BCUT2D eigenvalue weighted by Crippen LogP contribution is 2.47. The molecule has 0 unspecified atom stereocenters. The fourth-order valence-corrected chi connectivity index (χ4v) is 6.09. The van der Waals surface area contributed by atoms with Crippen molar-refractivity contribution < 1.29 is 0 Å². The van der Waals surface area contributed by atoms with Gasteiger partial charge in [-0.15, -0.1) is 11.3 Å². The lowest BCUT2D eigenvalue weighted by Crippen LogP contribution is -1.81. The minimum absolute atomic E-state index is 1.20. The van der Waals surface area contributed by atoms with E-state index in [2.05, 4.69) is 89.9 Å². The van der Waals surface area contributed by atoms with E-state index < -0.39 is 0 Å². The molecule has 28 heavy (non-hydrogen) atoms. The van der Waals surface area contributed by atoms with Gasteiger partial charge in [-0.2, -0.15) is 0 Å². The number of benzene rings is 5. The number of rotatable bonds is 0. The van der Waals surface area contributed by atoms with E-state index in [4.69, 9.17) is 0 Å². The third-order valence-electron chi connectivity index (χ3n) is 5.98. The van der Waals surface area contributed by atoms with Crippen LogP contribution in [0.1, 0.15) is 0 Å². The molecule has 0 spiro atoms. The van der Waals surface area contributed by atoms with Crippen LogP contribution >= 0.6 is 11.3 Å². The second-order valence-electron chi connectivity index (χ2n) is 7.43. The quantitative estimate of drug-likeness (QED) is 0.259. The predicted molar refractivity (Wildman–Crippen MR) is 124 cm³/mol. The Kier molecular flexibility index (Phi) is 2.68. The van der Waals surface area contributed by atoms with Crippen molar-refractivity contribution >= 4 is 74.9 Å². The van der Waals surface area contributed by atoms with Gasteiger partial charge in [-0.25, -0.2) is 0 Å². The number of nitrogens with one attached hydrogen (secondary N) is 1. The number of hydrogen-bond acceptors (Lipinski definition) is 1. The van der Waals surface area contributed by atoms with Crippen molar-refractivity contribution in [3.8, 4) is 0 Å². The van der Waals surface area contributed by atoms with Gasteiger partial charge in [0.2, 0.25) is 0 Å². The van der Waals surface area contributed by atoms with Gasteiger partial charge in [-0.05, 0) is 28.3 Å². The maximum Gasteiger partial charge on any atom is 0.0565 e. The summed E-state index contributed by atoms with van der Waals surface area (Å²) in [5.74, 6) is 0. The van der Waals surface area contributed by atoms with Crippen molar-refractivity contribution in [3.05, 3.63) is 84.9 Å². The Balaban J connectivity index is 1.95. The van der Waals surface area contributed by atoms with Crippen LogP contribution in [0.25, 0.3) is 63.5 Å². The number of aromatic nitrogens is 1. The summed E-state index contributed by atoms with van der Waals surface area (Å²) in [5, 5.41) is 10.7. The molecule has 0 aliphatic carbocycles. The molecular weight excluding hydrogens is 358 g/mol. The summed E-state index contributed by atoms with van der Waals surface area (Å²) in [6.07, 6.45) is 0. The Morgan fingerprint density at radius 2 is 1.29 bits per heavy atom. The molecule has 130 valence electrons. The number of fused-ring (bicyclic) bond motifs is 12. The standard InChI is InChI=1S/C26H15NS/c1-2-8-16-15(7-1)13-14-19-22-17-9-3-5-11-20(17)27-25(22)24-18-10-4-6-12-21(18)28-26(24)23(16)19/h1-14,27H. The SMILES string of the molecule is c1ccc2c(c1)ccc1c3c4ccccc4[nH]c3c3c4ccccc4sc3c21. The maximum atomic E-state index is 3.75.